The summed E-state index contributed by atoms with van der Waals surface area (Å²) in [5.74, 6) is 0.941. The summed E-state index contributed by atoms with van der Waals surface area (Å²) in [4.78, 5) is 2.74. The van der Waals surface area contributed by atoms with Crippen molar-refractivity contribution in [2.45, 2.75) is 70.4 Å². The average molecular weight is 262 g/mol. The van der Waals surface area contributed by atoms with Crippen LogP contribution in [0.25, 0.3) is 0 Å². The number of nitrogens with zero attached hydrogens (tertiary/aromatic N) is 1. The lowest BCUT2D eigenvalue weighted by Gasteiger charge is -2.46. The second-order valence-electron chi connectivity index (χ2n) is 7.25. The first kappa shape index (κ1) is 13.6. The highest BCUT2D eigenvalue weighted by Gasteiger charge is 2.45. The van der Waals surface area contributed by atoms with Crippen molar-refractivity contribution in [3.05, 3.63) is 11.6 Å². The molecule has 1 saturated heterocycles. The van der Waals surface area contributed by atoms with Gasteiger partial charge in [-0.3, -0.25) is 4.90 Å². The number of rotatable bonds is 4. The van der Waals surface area contributed by atoms with Gasteiger partial charge in [0.2, 0.25) is 0 Å². The Hall–Kier alpha value is -0.340. The molecule has 2 aliphatic carbocycles. The maximum Gasteiger partial charge on any atom is 0.0309 e. The maximum atomic E-state index is 3.82. The predicted molar refractivity (Wildman–Crippen MR) is 81.3 cm³/mol. The van der Waals surface area contributed by atoms with Gasteiger partial charge in [-0.2, -0.15) is 0 Å². The fraction of sp³-hybridized carbons (Fsp3) is 0.882. The fourth-order valence-electron chi connectivity index (χ4n) is 3.86. The number of hydrogen-bond donors (Lipinski definition) is 1. The Labute approximate surface area is 118 Å². The molecule has 2 nitrogen and oxygen atoms in total. The smallest absolute Gasteiger partial charge is 0.0309 e. The van der Waals surface area contributed by atoms with Gasteiger partial charge in [-0.05, 0) is 64.7 Å². The van der Waals surface area contributed by atoms with Crippen LogP contribution in [0.2, 0.25) is 0 Å². The van der Waals surface area contributed by atoms with Crippen molar-refractivity contribution in [1.82, 2.24) is 10.2 Å². The Morgan fingerprint density at radius 2 is 2.21 bits per heavy atom. The van der Waals surface area contributed by atoms with Crippen LogP contribution in [0.3, 0.4) is 0 Å². The summed E-state index contributed by atoms with van der Waals surface area (Å²) < 4.78 is 0. The van der Waals surface area contributed by atoms with E-state index < -0.39 is 0 Å². The highest BCUT2D eigenvalue weighted by molar-refractivity contribution is 5.07. The molecule has 1 aliphatic heterocycles. The third kappa shape index (κ3) is 3.22. The molecule has 2 unspecified atom stereocenters. The highest BCUT2D eigenvalue weighted by Crippen LogP contribution is 2.41. The molecule has 0 amide bonds. The third-order valence-electron chi connectivity index (χ3n) is 5.54. The van der Waals surface area contributed by atoms with Crippen LogP contribution >= 0.6 is 0 Å². The molecule has 2 heteroatoms. The van der Waals surface area contributed by atoms with E-state index in [1.54, 1.807) is 5.57 Å². The Morgan fingerprint density at radius 3 is 2.89 bits per heavy atom. The van der Waals surface area contributed by atoms with Crippen molar-refractivity contribution >= 4 is 0 Å². The van der Waals surface area contributed by atoms with E-state index in [9.17, 15) is 0 Å². The largest absolute Gasteiger partial charge is 0.308 e. The number of piperazine rings is 1. The van der Waals surface area contributed by atoms with Crippen LogP contribution in [0, 0.1) is 5.92 Å². The second-order valence-corrected chi connectivity index (χ2v) is 7.25. The van der Waals surface area contributed by atoms with Crippen molar-refractivity contribution in [3.63, 3.8) is 0 Å². The minimum atomic E-state index is 0.396. The van der Waals surface area contributed by atoms with Gasteiger partial charge in [0.05, 0.1) is 0 Å². The average Bonchev–Trinajstić information content (AvgIpc) is 3.26. The van der Waals surface area contributed by atoms with Crippen LogP contribution in [0.1, 0.15) is 58.8 Å². The lowest BCUT2D eigenvalue weighted by Crippen LogP contribution is -2.63. The summed E-state index contributed by atoms with van der Waals surface area (Å²) in [5.41, 5.74) is 2.12. The monoisotopic (exact) mass is 262 g/mol. The SMILES string of the molecule is CC1CNC(C)(C2CC2)CN1CCC1=CCCCC1. The fourth-order valence-corrected chi connectivity index (χ4v) is 3.86. The van der Waals surface area contributed by atoms with Crippen LogP contribution in [-0.2, 0) is 0 Å². The van der Waals surface area contributed by atoms with Crippen LogP contribution in [0.15, 0.2) is 11.6 Å². The standard InChI is InChI=1S/C17H30N2/c1-14-12-18-17(2,16-8-9-16)13-19(14)11-10-15-6-4-3-5-7-15/h6,14,16,18H,3-5,7-13H2,1-2H3. The summed E-state index contributed by atoms with van der Waals surface area (Å²) in [7, 11) is 0. The predicted octanol–water partition coefficient (Wildman–Crippen LogP) is 3.34. The maximum absolute atomic E-state index is 3.82. The zero-order valence-corrected chi connectivity index (χ0v) is 12.8. The lowest BCUT2D eigenvalue weighted by atomic mass is 9.90. The molecule has 19 heavy (non-hydrogen) atoms. The summed E-state index contributed by atoms with van der Waals surface area (Å²) in [6, 6.07) is 0.705. The van der Waals surface area contributed by atoms with Crippen LogP contribution in [0.5, 0.6) is 0 Å². The van der Waals surface area contributed by atoms with Crippen molar-refractivity contribution in [1.29, 1.82) is 0 Å². The molecule has 1 saturated carbocycles. The zero-order valence-electron chi connectivity index (χ0n) is 12.8. The van der Waals surface area contributed by atoms with Crippen molar-refractivity contribution in [2.24, 2.45) is 5.92 Å². The number of hydrogen-bond acceptors (Lipinski definition) is 2. The molecule has 0 aromatic rings. The summed E-state index contributed by atoms with van der Waals surface area (Å²) in [6.07, 6.45) is 12.2. The molecule has 0 radical (unpaired) electrons. The molecule has 108 valence electrons. The minimum Gasteiger partial charge on any atom is -0.308 e. The van der Waals surface area contributed by atoms with Crippen LogP contribution in [0.4, 0.5) is 0 Å². The van der Waals surface area contributed by atoms with E-state index >= 15 is 0 Å². The normalized spacial score (nSPS) is 37.2. The van der Waals surface area contributed by atoms with Gasteiger partial charge >= 0.3 is 0 Å². The van der Waals surface area contributed by atoms with E-state index in [1.165, 1.54) is 64.6 Å². The zero-order chi connectivity index (χ0) is 13.3. The first-order chi connectivity index (χ1) is 9.17. The quantitative estimate of drug-likeness (QED) is 0.782. The molecular formula is C17H30N2. The minimum absolute atomic E-state index is 0.396. The van der Waals surface area contributed by atoms with Crippen molar-refractivity contribution < 1.29 is 0 Å². The van der Waals surface area contributed by atoms with Gasteiger partial charge in [0.25, 0.3) is 0 Å². The van der Waals surface area contributed by atoms with Crippen LogP contribution < -0.4 is 5.32 Å². The Kier molecular flexibility index (Phi) is 4.00. The van der Waals surface area contributed by atoms with Crippen molar-refractivity contribution in [2.75, 3.05) is 19.6 Å². The summed E-state index contributed by atoms with van der Waals surface area (Å²) in [5, 5.41) is 3.82. The van der Waals surface area contributed by atoms with E-state index in [1.807, 2.05) is 0 Å². The first-order valence-corrected chi connectivity index (χ1v) is 8.34. The van der Waals surface area contributed by atoms with Gasteiger partial charge < -0.3 is 5.32 Å². The molecule has 0 spiro atoms. The molecule has 0 aromatic heterocycles. The van der Waals surface area contributed by atoms with Gasteiger partial charge in [-0.15, -0.1) is 0 Å². The summed E-state index contributed by atoms with van der Waals surface area (Å²) >= 11 is 0. The molecule has 1 N–H and O–H groups in total. The topological polar surface area (TPSA) is 15.3 Å². The molecule has 2 atom stereocenters. The van der Waals surface area contributed by atoms with Gasteiger partial charge in [0, 0.05) is 31.2 Å². The molecule has 3 aliphatic rings. The number of nitrogens with one attached hydrogen (secondary N) is 1. The Morgan fingerprint density at radius 1 is 1.37 bits per heavy atom. The molecule has 0 aromatic carbocycles. The molecule has 1 heterocycles. The van der Waals surface area contributed by atoms with E-state index in [0.29, 0.717) is 11.6 Å². The first-order valence-electron chi connectivity index (χ1n) is 8.34. The molecule has 0 bridgehead atoms. The van der Waals surface area contributed by atoms with E-state index in [-0.39, 0.29) is 0 Å². The Balaban J connectivity index is 1.54. The van der Waals surface area contributed by atoms with Crippen molar-refractivity contribution in [3.8, 4) is 0 Å². The van der Waals surface area contributed by atoms with E-state index in [4.69, 9.17) is 0 Å². The molecule has 2 fully saturated rings. The van der Waals surface area contributed by atoms with E-state index in [2.05, 4.69) is 30.1 Å². The lowest BCUT2D eigenvalue weighted by molar-refractivity contribution is 0.0842. The second kappa shape index (κ2) is 5.57. The number of allylic oxidation sites excluding steroid dienone is 1. The van der Waals surface area contributed by atoms with Crippen LogP contribution in [-0.4, -0.2) is 36.1 Å². The van der Waals surface area contributed by atoms with E-state index in [0.717, 1.165) is 5.92 Å². The van der Waals surface area contributed by atoms with Gasteiger partial charge in [-0.1, -0.05) is 11.6 Å². The highest BCUT2D eigenvalue weighted by atomic mass is 15.2. The van der Waals surface area contributed by atoms with Gasteiger partial charge in [-0.25, -0.2) is 0 Å². The van der Waals surface area contributed by atoms with Gasteiger partial charge in [0.1, 0.15) is 0 Å². The molecular weight excluding hydrogens is 232 g/mol. The summed E-state index contributed by atoms with van der Waals surface area (Å²) in [6.45, 7) is 8.54. The third-order valence-corrected chi connectivity index (χ3v) is 5.54. The van der Waals surface area contributed by atoms with Gasteiger partial charge in [0.15, 0.2) is 0 Å². The molecule has 3 rings (SSSR count). The Bertz CT molecular complexity index is 345.